The zero-order valence-electron chi connectivity index (χ0n) is 7.55. The molecule has 2 N–H and O–H groups in total. The Morgan fingerprint density at radius 2 is 2.13 bits per heavy atom. The molecule has 15 heavy (non-hydrogen) atoms. The minimum absolute atomic E-state index is 0.00309. The van der Waals surface area contributed by atoms with Crippen molar-refractivity contribution < 1.29 is 8.42 Å². The van der Waals surface area contributed by atoms with Crippen LogP contribution in [0.15, 0.2) is 11.4 Å². The normalized spacial score (nSPS) is 12.1. The van der Waals surface area contributed by atoms with Gasteiger partial charge in [0.2, 0.25) is 15.8 Å². The van der Waals surface area contributed by atoms with Crippen molar-refractivity contribution >= 4 is 44.0 Å². The summed E-state index contributed by atoms with van der Waals surface area (Å²) in [5.74, 6) is 0.00309. The molecule has 0 aliphatic carbocycles. The van der Waals surface area contributed by atoms with Crippen molar-refractivity contribution in [1.82, 2.24) is 19.6 Å². The third-order valence-corrected chi connectivity index (χ3v) is 3.27. The molecule has 0 fully saturated rings. The summed E-state index contributed by atoms with van der Waals surface area (Å²) in [4.78, 5) is 7.54. The first-order chi connectivity index (χ1) is 6.89. The fourth-order valence-corrected chi connectivity index (χ4v) is 2.00. The molecule has 0 unspecified atom stereocenters. The van der Waals surface area contributed by atoms with E-state index < -0.39 is 9.84 Å². The zero-order chi connectivity index (χ0) is 11.2. The van der Waals surface area contributed by atoms with Crippen molar-refractivity contribution in [3.8, 4) is 0 Å². The highest BCUT2D eigenvalue weighted by Crippen LogP contribution is 2.14. The number of nitrogen functional groups attached to an aromatic ring is 1. The van der Waals surface area contributed by atoms with E-state index in [2.05, 4.69) is 15.1 Å². The fraction of sp³-hybridized carbons (Fsp3) is 0.167. The number of nitrogens with two attached hydrogens (primary N) is 1. The van der Waals surface area contributed by atoms with Crippen LogP contribution in [0.4, 0.5) is 5.95 Å². The van der Waals surface area contributed by atoms with Crippen LogP contribution < -0.4 is 5.73 Å². The highest BCUT2D eigenvalue weighted by atomic mass is 127. The standard InChI is InChI=1S/C6H6IN5O2S/c1-15(13,14)6-10-4-3(7)2-9-12(4)5(8)11-6/h2H,1H3,(H2,8,10,11). The molecule has 0 bridgehead atoms. The average Bonchev–Trinajstić information content (AvgIpc) is 2.47. The number of hydrogen-bond donors (Lipinski definition) is 1. The lowest BCUT2D eigenvalue weighted by Gasteiger charge is -2.00. The molecule has 0 amide bonds. The van der Waals surface area contributed by atoms with Crippen LogP contribution in [0.2, 0.25) is 0 Å². The summed E-state index contributed by atoms with van der Waals surface area (Å²) in [6.07, 6.45) is 2.56. The lowest BCUT2D eigenvalue weighted by Crippen LogP contribution is -2.11. The van der Waals surface area contributed by atoms with Crippen molar-refractivity contribution in [1.29, 1.82) is 0 Å². The van der Waals surface area contributed by atoms with E-state index in [1.807, 2.05) is 22.6 Å². The number of aromatic nitrogens is 4. The lowest BCUT2D eigenvalue weighted by atomic mass is 10.7. The number of hydrogen-bond acceptors (Lipinski definition) is 6. The van der Waals surface area contributed by atoms with Crippen molar-refractivity contribution in [2.24, 2.45) is 0 Å². The Bertz CT molecular complexity index is 634. The largest absolute Gasteiger partial charge is 0.368 e. The van der Waals surface area contributed by atoms with E-state index in [0.29, 0.717) is 9.22 Å². The Hall–Kier alpha value is -0.970. The summed E-state index contributed by atoms with van der Waals surface area (Å²) in [6, 6.07) is 0. The molecule has 0 radical (unpaired) electrons. The maximum absolute atomic E-state index is 11.2. The summed E-state index contributed by atoms with van der Waals surface area (Å²) < 4.78 is 24.5. The molecule has 2 aromatic heterocycles. The third-order valence-electron chi connectivity index (χ3n) is 1.66. The molecule has 2 aromatic rings. The molecule has 0 atom stereocenters. The molecule has 2 heterocycles. The predicted octanol–water partition coefficient (Wildman–Crippen LogP) is -0.285. The second-order valence-electron chi connectivity index (χ2n) is 2.86. The van der Waals surface area contributed by atoms with Crippen LogP contribution in [0.1, 0.15) is 0 Å². The highest BCUT2D eigenvalue weighted by molar-refractivity contribution is 14.1. The van der Waals surface area contributed by atoms with Crippen LogP contribution in [0.5, 0.6) is 0 Å². The van der Waals surface area contributed by atoms with Gasteiger partial charge in [-0.15, -0.1) is 0 Å². The fourth-order valence-electron chi connectivity index (χ4n) is 1.02. The summed E-state index contributed by atoms with van der Waals surface area (Å²) in [6.45, 7) is 0. The number of fused-ring (bicyclic) bond motifs is 1. The molecule has 9 heteroatoms. The van der Waals surface area contributed by atoms with Gasteiger partial charge in [0.15, 0.2) is 5.65 Å². The quantitative estimate of drug-likeness (QED) is 0.717. The highest BCUT2D eigenvalue weighted by Gasteiger charge is 2.16. The molecule has 0 saturated carbocycles. The van der Waals surface area contributed by atoms with Gasteiger partial charge in [0.05, 0.1) is 9.77 Å². The van der Waals surface area contributed by atoms with Gasteiger partial charge in [-0.2, -0.15) is 19.6 Å². The lowest BCUT2D eigenvalue weighted by molar-refractivity contribution is 0.592. The third kappa shape index (κ3) is 1.76. The van der Waals surface area contributed by atoms with Crippen molar-refractivity contribution in [3.63, 3.8) is 0 Å². The van der Waals surface area contributed by atoms with E-state index in [1.54, 1.807) is 0 Å². The van der Waals surface area contributed by atoms with Gasteiger partial charge < -0.3 is 5.73 Å². The van der Waals surface area contributed by atoms with E-state index in [-0.39, 0.29) is 11.1 Å². The maximum atomic E-state index is 11.2. The summed E-state index contributed by atoms with van der Waals surface area (Å²) in [5.41, 5.74) is 5.94. The van der Waals surface area contributed by atoms with Crippen LogP contribution in [0.3, 0.4) is 0 Å². The van der Waals surface area contributed by atoms with E-state index in [0.717, 1.165) is 6.26 Å². The minimum Gasteiger partial charge on any atom is -0.368 e. The van der Waals surface area contributed by atoms with Crippen LogP contribution in [-0.2, 0) is 9.84 Å². The summed E-state index contributed by atoms with van der Waals surface area (Å²) in [7, 11) is -3.46. The molecular weight excluding hydrogens is 333 g/mol. The second kappa shape index (κ2) is 3.27. The predicted molar refractivity (Wildman–Crippen MR) is 61.0 cm³/mol. The smallest absolute Gasteiger partial charge is 0.252 e. The first kappa shape index (κ1) is 10.5. The molecule has 2 rings (SSSR count). The van der Waals surface area contributed by atoms with Gasteiger partial charge in [-0.05, 0) is 22.6 Å². The van der Waals surface area contributed by atoms with Gasteiger partial charge in [-0.25, -0.2) is 8.42 Å². The zero-order valence-corrected chi connectivity index (χ0v) is 10.5. The number of rotatable bonds is 1. The molecule has 0 spiro atoms. The van der Waals surface area contributed by atoms with Gasteiger partial charge in [0.1, 0.15) is 0 Å². The molecule has 80 valence electrons. The van der Waals surface area contributed by atoms with Crippen LogP contribution in [0, 0.1) is 3.57 Å². The van der Waals surface area contributed by atoms with Gasteiger partial charge in [0, 0.05) is 6.26 Å². The summed E-state index contributed by atoms with van der Waals surface area (Å²) in [5, 5.41) is 3.62. The van der Waals surface area contributed by atoms with Gasteiger partial charge in [-0.1, -0.05) is 0 Å². The van der Waals surface area contributed by atoms with E-state index in [9.17, 15) is 8.42 Å². The van der Waals surface area contributed by atoms with Gasteiger partial charge in [-0.3, -0.25) is 0 Å². The SMILES string of the molecule is CS(=O)(=O)c1nc(N)n2ncc(I)c2n1. The Morgan fingerprint density at radius 3 is 2.73 bits per heavy atom. The molecular formula is C6H6IN5O2S. The van der Waals surface area contributed by atoms with Crippen molar-refractivity contribution in [3.05, 3.63) is 9.77 Å². The van der Waals surface area contributed by atoms with Crippen LogP contribution in [0.25, 0.3) is 5.65 Å². The molecule has 0 aliphatic rings. The number of sulfone groups is 1. The molecule has 0 saturated heterocycles. The van der Waals surface area contributed by atoms with Crippen molar-refractivity contribution in [2.75, 3.05) is 12.0 Å². The minimum atomic E-state index is -3.46. The van der Waals surface area contributed by atoms with E-state index in [1.165, 1.54) is 10.7 Å². The molecule has 0 aromatic carbocycles. The van der Waals surface area contributed by atoms with Gasteiger partial charge in [0.25, 0.3) is 5.16 Å². The second-order valence-corrected chi connectivity index (χ2v) is 5.94. The average molecular weight is 339 g/mol. The number of anilines is 1. The van der Waals surface area contributed by atoms with Crippen LogP contribution >= 0.6 is 22.6 Å². The Morgan fingerprint density at radius 1 is 1.47 bits per heavy atom. The Labute approximate surface area is 98.8 Å². The maximum Gasteiger partial charge on any atom is 0.252 e. The Kier molecular flexibility index (Phi) is 2.30. The summed E-state index contributed by atoms with van der Waals surface area (Å²) >= 11 is 1.99. The van der Waals surface area contributed by atoms with Crippen molar-refractivity contribution in [2.45, 2.75) is 5.16 Å². The first-order valence-electron chi connectivity index (χ1n) is 3.76. The number of halogens is 1. The topological polar surface area (TPSA) is 103 Å². The number of nitrogens with zero attached hydrogens (tertiary/aromatic N) is 4. The molecule has 0 aliphatic heterocycles. The molecule has 7 nitrogen and oxygen atoms in total. The van der Waals surface area contributed by atoms with E-state index >= 15 is 0 Å². The Balaban J connectivity index is 2.88. The van der Waals surface area contributed by atoms with Crippen LogP contribution in [-0.4, -0.2) is 34.3 Å². The van der Waals surface area contributed by atoms with E-state index in [4.69, 9.17) is 5.73 Å². The van der Waals surface area contributed by atoms with Gasteiger partial charge >= 0.3 is 0 Å². The first-order valence-corrected chi connectivity index (χ1v) is 6.73. The monoisotopic (exact) mass is 339 g/mol.